The molecule has 2 aromatic rings. The number of carboxylic acid groups (broad SMARTS) is 1. The summed E-state index contributed by atoms with van der Waals surface area (Å²) in [4.78, 5) is 14.6. The van der Waals surface area contributed by atoms with Crippen molar-refractivity contribution in [3.63, 3.8) is 0 Å². The van der Waals surface area contributed by atoms with E-state index in [2.05, 4.69) is 10.3 Å². The number of nitrogens with zero attached hydrogens (tertiary/aromatic N) is 2. The van der Waals surface area contributed by atoms with Crippen LogP contribution in [-0.4, -0.2) is 16.1 Å². The molecule has 2 rings (SSSR count). The number of anilines is 3. The van der Waals surface area contributed by atoms with E-state index >= 15 is 0 Å². The van der Waals surface area contributed by atoms with Crippen molar-refractivity contribution < 1.29 is 14.3 Å². The zero-order chi connectivity index (χ0) is 14.7. The number of halogens is 1. The molecule has 7 heteroatoms. The van der Waals surface area contributed by atoms with E-state index in [1.165, 1.54) is 24.3 Å². The monoisotopic (exact) mass is 272 g/mol. The van der Waals surface area contributed by atoms with Crippen molar-refractivity contribution >= 4 is 23.2 Å². The number of hydrogen-bond acceptors (Lipinski definition) is 5. The number of carboxylic acids is 1. The van der Waals surface area contributed by atoms with Gasteiger partial charge in [0.2, 0.25) is 0 Å². The first-order valence-electron chi connectivity index (χ1n) is 5.47. The van der Waals surface area contributed by atoms with Crippen molar-refractivity contribution in [1.82, 2.24) is 4.98 Å². The Labute approximate surface area is 113 Å². The van der Waals surface area contributed by atoms with Gasteiger partial charge in [-0.1, -0.05) is 0 Å². The summed E-state index contributed by atoms with van der Waals surface area (Å²) in [6, 6.07) is 8.24. The molecular weight excluding hydrogens is 263 g/mol. The number of aromatic carboxylic acids is 1. The van der Waals surface area contributed by atoms with Gasteiger partial charge in [-0.2, -0.15) is 5.26 Å². The Bertz CT molecular complexity index is 725. The highest BCUT2D eigenvalue weighted by atomic mass is 19.1. The number of hydrogen-bond donors (Lipinski definition) is 3. The number of carbonyl (C=O) groups is 1. The number of nitriles is 1. The van der Waals surface area contributed by atoms with E-state index in [9.17, 15) is 9.18 Å². The Balaban J connectivity index is 2.37. The molecule has 0 aliphatic carbocycles. The minimum Gasteiger partial charge on any atom is -0.477 e. The lowest BCUT2D eigenvalue weighted by molar-refractivity contribution is 0.0690. The van der Waals surface area contributed by atoms with Crippen LogP contribution in [0.1, 0.15) is 16.1 Å². The lowest BCUT2D eigenvalue weighted by Crippen LogP contribution is -2.06. The van der Waals surface area contributed by atoms with Crippen LogP contribution in [0.5, 0.6) is 0 Å². The molecular formula is C13H9FN4O2. The SMILES string of the molecule is N#Cc1ccc(Nc2nc(C(=O)O)ccc2N)c(F)c1. The summed E-state index contributed by atoms with van der Waals surface area (Å²) >= 11 is 0. The van der Waals surface area contributed by atoms with E-state index in [1.54, 1.807) is 0 Å². The van der Waals surface area contributed by atoms with Crippen LogP contribution in [-0.2, 0) is 0 Å². The zero-order valence-electron chi connectivity index (χ0n) is 10.1. The summed E-state index contributed by atoms with van der Waals surface area (Å²) < 4.78 is 13.7. The van der Waals surface area contributed by atoms with Crippen LogP contribution < -0.4 is 11.1 Å². The van der Waals surface area contributed by atoms with Crippen molar-refractivity contribution in [1.29, 1.82) is 5.26 Å². The van der Waals surface area contributed by atoms with Crippen LogP contribution in [0.4, 0.5) is 21.6 Å². The molecule has 0 saturated heterocycles. The second kappa shape index (κ2) is 5.24. The Morgan fingerprint density at radius 3 is 2.75 bits per heavy atom. The highest BCUT2D eigenvalue weighted by molar-refractivity contribution is 5.87. The fourth-order valence-electron chi connectivity index (χ4n) is 1.50. The van der Waals surface area contributed by atoms with Gasteiger partial charge < -0.3 is 16.2 Å². The van der Waals surface area contributed by atoms with Crippen molar-refractivity contribution in [2.24, 2.45) is 0 Å². The lowest BCUT2D eigenvalue weighted by atomic mass is 10.2. The number of rotatable bonds is 3. The molecule has 0 fully saturated rings. The second-order valence-corrected chi connectivity index (χ2v) is 3.87. The zero-order valence-corrected chi connectivity index (χ0v) is 10.1. The average molecular weight is 272 g/mol. The van der Waals surface area contributed by atoms with Crippen LogP contribution in [0.25, 0.3) is 0 Å². The second-order valence-electron chi connectivity index (χ2n) is 3.87. The van der Waals surface area contributed by atoms with E-state index < -0.39 is 11.8 Å². The van der Waals surface area contributed by atoms with Gasteiger partial charge in [0.25, 0.3) is 0 Å². The highest BCUT2D eigenvalue weighted by Crippen LogP contribution is 2.24. The maximum atomic E-state index is 13.7. The summed E-state index contributed by atoms with van der Waals surface area (Å²) in [5, 5.41) is 20.1. The van der Waals surface area contributed by atoms with E-state index in [0.29, 0.717) is 0 Å². The molecule has 1 aromatic carbocycles. The number of nitrogen functional groups attached to an aromatic ring is 1. The first-order chi connectivity index (χ1) is 9.51. The molecule has 0 saturated carbocycles. The summed E-state index contributed by atoms with van der Waals surface area (Å²) in [6.07, 6.45) is 0. The van der Waals surface area contributed by atoms with Crippen LogP contribution >= 0.6 is 0 Å². The van der Waals surface area contributed by atoms with E-state index in [4.69, 9.17) is 16.1 Å². The Hall–Kier alpha value is -3.14. The fourth-order valence-corrected chi connectivity index (χ4v) is 1.50. The van der Waals surface area contributed by atoms with Crippen molar-refractivity contribution in [2.75, 3.05) is 11.1 Å². The molecule has 0 radical (unpaired) electrons. The Kier molecular flexibility index (Phi) is 3.48. The van der Waals surface area contributed by atoms with Crippen LogP contribution in [0, 0.1) is 17.1 Å². The predicted octanol–water partition coefficient (Wildman–Crippen LogP) is 2.12. The van der Waals surface area contributed by atoms with Gasteiger partial charge in [-0.3, -0.25) is 0 Å². The minimum absolute atomic E-state index is 0.0357. The molecule has 1 aromatic heterocycles. The number of benzene rings is 1. The average Bonchev–Trinajstić information content (AvgIpc) is 2.42. The largest absolute Gasteiger partial charge is 0.477 e. The maximum absolute atomic E-state index is 13.7. The van der Waals surface area contributed by atoms with Crippen LogP contribution in [0.15, 0.2) is 30.3 Å². The summed E-state index contributed by atoms with van der Waals surface area (Å²) in [5.74, 6) is -1.84. The molecule has 0 bridgehead atoms. The fraction of sp³-hybridized carbons (Fsp3) is 0. The number of nitrogens with two attached hydrogens (primary N) is 1. The molecule has 0 aliphatic heterocycles. The highest BCUT2D eigenvalue weighted by Gasteiger charge is 2.11. The van der Waals surface area contributed by atoms with Crippen LogP contribution in [0.2, 0.25) is 0 Å². The third kappa shape index (κ3) is 2.64. The number of aromatic nitrogens is 1. The standard InChI is InChI=1S/C13H9FN4O2/c14-8-5-7(6-15)1-3-10(8)17-12-9(16)2-4-11(18-12)13(19)20/h1-5H,16H2,(H,17,18)(H,19,20). The first kappa shape index (κ1) is 13.3. The molecule has 0 atom stereocenters. The van der Waals surface area contributed by atoms with Crippen molar-refractivity contribution in [3.8, 4) is 6.07 Å². The molecule has 1 heterocycles. The van der Waals surface area contributed by atoms with Gasteiger partial charge in [0.1, 0.15) is 5.82 Å². The van der Waals surface area contributed by atoms with Gasteiger partial charge in [0.05, 0.1) is 23.0 Å². The topological polar surface area (TPSA) is 112 Å². The third-order valence-corrected chi connectivity index (χ3v) is 2.50. The van der Waals surface area contributed by atoms with E-state index in [-0.39, 0.29) is 28.5 Å². The summed E-state index contributed by atoms with van der Waals surface area (Å²) in [6.45, 7) is 0. The minimum atomic E-state index is -1.21. The van der Waals surface area contributed by atoms with Crippen LogP contribution in [0.3, 0.4) is 0 Å². The van der Waals surface area contributed by atoms with Gasteiger partial charge in [0, 0.05) is 0 Å². The molecule has 0 unspecified atom stereocenters. The first-order valence-corrected chi connectivity index (χ1v) is 5.47. The van der Waals surface area contributed by atoms with Gasteiger partial charge in [-0.15, -0.1) is 0 Å². The Morgan fingerprint density at radius 1 is 1.40 bits per heavy atom. The van der Waals surface area contributed by atoms with Crippen molar-refractivity contribution in [3.05, 3.63) is 47.4 Å². The number of pyridine rings is 1. The van der Waals surface area contributed by atoms with Gasteiger partial charge in [0.15, 0.2) is 11.5 Å². The molecule has 4 N–H and O–H groups in total. The lowest BCUT2D eigenvalue weighted by Gasteiger charge is -2.10. The van der Waals surface area contributed by atoms with Crippen molar-refractivity contribution in [2.45, 2.75) is 0 Å². The number of nitrogens with one attached hydrogen (secondary N) is 1. The molecule has 0 aliphatic rings. The predicted molar refractivity (Wildman–Crippen MR) is 70.0 cm³/mol. The van der Waals surface area contributed by atoms with E-state index in [0.717, 1.165) is 6.07 Å². The maximum Gasteiger partial charge on any atom is 0.354 e. The quantitative estimate of drug-likeness (QED) is 0.788. The third-order valence-electron chi connectivity index (χ3n) is 2.50. The van der Waals surface area contributed by atoms with E-state index in [1.807, 2.05) is 6.07 Å². The molecule has 100 valence electrons. The Morgan fingerprint density at radius 2 is 2.15 bits per heavy atom. The molecule has 0 amide bonds. The summed E-state index contributed by atoms with van der Waals surface area (Å²) in [7, 11) is 0. The molecule has 20 heavy (non-hydrogen) atoms. The van der Waals surface area contributed by atoms with Gasteiger partial charge in [-0.05, 0) is 30.3 Å². The molecule has 0 spiro atoms. The van der Waals surface area contributed by atoms with Gasteiger partial charge in [-0.25, -0.2) is 14.2 Å². The normalized spacial score (nSPS) is 9.80. The smallest absolute Gasteiger partial charge is 0.354 e. The summed E-state index contributed by atoms with van der Waals surface area (Å²) in [5.41, 5.74) is 5.84. The van der Waals surface area contributed by atoms with Gasteiger partial charge >= 0.3 is 5.97 Å². The molecule has 6 nitrogen and oxygen atoms in total.